The van der Waals surface area contributed by atoms with Crippen LogP contribution in [0.4, 0.5) is 5.69 Å². The Kier molecular flexibility index (Phi) is 2.74. The number of rotatable bonds is 3. The van der Waals surface area contributed by atoms with E-state index in [0.29, 0.717) is 6.54 Å². The van der Waals surface area contributed by atoms with Crippen molar-refractivity contribution < 1.29 is 5.21 Å². The Morgan fingerprint density at radius 3 is 3.18 bits per heavy atom. The van der Waals surface area contributed by atoms with Crippen LogP contribution in [0.5, 0.6) is 0 Å². The van der Waals surface area contributed by atoms with Crippen molar-refractivity contribution >= 4 is 22.9 Å². The molecule has 0 amide bonds. The van der Waals surface area contributed by atoms with E-state index in [-0.39, 0.29) is 5.84 Å². The standard InChI is InChI=1S/C6H9N3OS/c7-6(9-10)3-8-5-1-2-11-4-5/h1-2,4,8,10H,3H2,(H2,7,9). The molecular formula is C6H9N3OS. The number of nitrogens with two attached hydrogens (primary N) is 1. The average molecular weight is 171 g/mol. The van der Waals surface area contributed by atoms with Crippen molar-refractivity contribution in [3.63, 3.8) is 0 Å². The molecule has 0 unspecified atom stereocenters. The van der Waals surface area contributed by atoms with E-state index in [2.05, 4.69) is 10.5 Å². The molecule has 0 bridgehead atoms. The van der Waals surface area contributed by atoms with Crippen LogP contribution in [0.15, 0.2) is 22.0 Å². The molecule has 0 aliphatic rings. The van der Waals surface area contributed by atoms with E-state index in [9.17, 15) is 0 Å². The first-order chi connectivity index (χ1) is 5.33. The van der Waals surface area contributed by atoms with Gasteiger partial charge in [-0.05, 0) is 11.4 Å². The predicted octanol–water partition coefficient (Wildman–Crippen LogP) is 0.906. The summed E-state index contributed by atoms with van der Waals surface area (Å²) in [6, 6.07) is 1.93. The van der Waals surface area contributed by atoms with Crippen LogP contribution in [0.2, 0.25) is 0 Å². The summed E-state index contributed by atoms with van der Waals surface area (Å²) in [5.41, 5.74) is 6.22. The highest BCUT2D eigenvalue weighted by Gasteiger charge is 1.93. The molecule has 1 aromatic rings. The zero-order chi connectivity index (χ0) is 8.10. The second-order valence-corrected chi connectivity index (χ2v) is 2.74. The molecule has 0 radical (unpaired) electrons. The Labute approximate surface area is 68.3 Å². The Hall–Kier alpha value is -1.23. The lowest BCUT2D eigenvalue weighted by molar-refractivity contribution is 0.317. The molecule has 0 aromatic carbocycles. The first-order valence-corrected chi connectivity index (χ1v) is 3.99. The van der Waals surface area contributed by atoms with Gasteiger partial charge in [0.2, 0.25) is 0 Å². The lowest BCUT2D eigenvalue weighted by Gasteiger charge is -1.99. The van der Waals surface area contributed by atoms with Crippen LogP contribution in [0, 0.1) is 0 Å². The number of hydrogen-bond acceptors (Lipinski definition) is 4. The Balaban J connectivity index is 2.35. The molecule has 0 fully saturated rings. The van der Waals surface area contributed by atoms with Gasteiger partial charge in [-0.25, -0.2) is 0 Å². The Morgan fingerprint density at radius 2 is 2.64 bits per heavy atom. The fourth-order valence-corrected chi connectivity index (χ4v) is 1.21. The van der Waals surface area contributed by atoms with Gasteiger partial charge in [0, 0.05) is 11.1 Å². The number of nitrogens with zero attached hydrogens (tertiary/aromatic N) is 1. The Morgan fingerprint density at radius 1 is 1.82 bits per heavy atom. The normalized spacial score (nSPS) is 11.5. The molecule has 1 aromatic heterocycles. The third kappa shape index (κ3) is 2.46. The van der Waals surface area contributed by atoms with E-state index in [1.165, 1.54) is 0 Å². The maximum Gasteiger partial charge on any atom is 0.158 e. The van der Waals surface area contributed by atoms with Crippen molar-refractivity contribution in [2.45, 2.75) is 0 Å². The summed E-state index contributed by atoms with van der Waals surface area (Å²) in [5.74, 6) is 0.177. The molecule has 0 spiro atoms. The second kappa shape index (κ2) is 3.82. The van der Waals surface area contributed by atoms with Crippen molar-refractivity contribution in [3.8, 4) is 0 Å². The summed E-state index contributed by atoms with van der Waals surface area (Å²) in [6.07, 6.45) is 0. The van der Waals surface area contributed by atoms with Crippen LogP contribution in [0.3, 0.4) is 0 Å². The largest absolute Gasteiger partial charge is 0.409 e. The summed E-state index contributed by atoms with van der Waals surface area (Å²) < 4.78 is 0. The Bertz CT molecular complexity index is 232. The number of nitrogens with one attached hydrogen (secondary N) is 1. The van der Waals surface area contributed by atoms with Crippen LogP contribution in [-0.4, -0.2) is 17.6 Å². The van der Waals surface area contributed by atoms with E-state index in [1.54, 1.807) is 11.3 Å². The van der Waals surface area contributed by atoms with Gasteiger partial charge in [0.25, 0.3) is 0 Å². The van der Waals surface area contributed by atoms with Gasteiger partial charge < -0.3 is 16.3 Å². The highest BCUT2D eigenvalue weighted by atomic mass is 32.1. The minimum Gasteiger partial charge on any atom is -0.409 e. The number of oxime groups is 1. The van der Waals surface area contributed by atoms with Gasteiger partial charge in [0.1, 0.15) is 0 Å². The van der Waals surface area contributed by atoms with Crippen molar-refractivity contribution in [2.24, 2.45) is 10.9 Å². The molecule has 60 valence electrons. The second-order valence-electron chi connectivity index (χ2n) is 1.96. The summed E-state index contributed by atoms with van der Waals surface area (Å²) in [6.45, 7) is 0.368. The first-order valence-electron chi connectivity index (χ1n) is 3.05. The molecule has 4 nitrogen and oxygen atoms in total. The van der Waals surface area contributed by atoms with Crippen molar-refractivity contribution in [2.75, 3.05) is 11.9 Å². The lowest BCUT2D eigenvalue weighted by atomic mass is 10.5. The smallest absolute Gasteiger partial charge is 0.158 e. The van der Waals surface area contributed by atoms with Gasteiger partial charge in [-0.1, -0.05) is 5.16 Å². The zero-order valence-electron chi connectivity index (χ0n) is 5.82. The predicted molar refractivity (Wildman–Crippen MR) is 46.2 cm³/mol. The van der Waals surface area contributed by atoms with Crippen molar-refractivity contribution in [1.82, 2.24) is 0 Å². The quantitative estimate of drug-likeness (QED) is 0.274. The molecule has 0 atom stereocenters. The van der Waals surface area contributed by atoms with Crippen molar-refractivity contribution in [3.05, 3.63) is 16.8 Å². The number of amidine groups is 1. The number of hydrogen-bond donors (Lipinski definition) is 3. The summed E-state index contributed by atoms with van der Waals surface area (Å²) in [5, 5.41) is 17.9. The molecule has 5 heteroatoms. The topological polar surface area (TPSA) is 70.6 Å². The number of anilines is 1. The first kappa shape index (κ1) is 7.87. The van der Waals surface area contributed by atoms with Gasteiger partial charge in [-0.2, -0.15) is 11.3 Å². The maximum absolute atomic E-state index is 8.19. The third-order valence-corrected chi connectivity index (χ3v) is 1.81. The fourth-order valence-electron chi connectivity index (χ4n) is 0.593. The highest BCUT2D eigenvalue weighted by Crippen LogP contribution is 2.10. The summed E-state index contributed by atoms with van der Waals surface area (Å²) in [7, 11) is 0. The average Bonchev–Trinajstić information content (AvgIpc) is 2.52. The lowest BCUT2D eigenvalue weighted by Crippen LogP contribution is -2.22. The minimum absolute atomic E-state index is 0.177. The van der Waals surface area contributed by atoms with Gasteiger partial charge >= 0.3 is 0 Å². The van der Waals surface area contributed by atoms with E-state index in [4.69, 9.17) is 10.9 Å². The molecule has 0 saturated heterocycles. The maximum atomic E-state index is 8.19. The van der Waals surface area contributed by atoms with Crippen molar-refractivity contribution in [1.29, 1.82) is 0 Å². The number of thiophene rings is 1. The molecule has 4 N–H and O–H groups in total. The monoisotopic (exact) mass is 171 g/mol. The summed E-state index contributed by atoms with van der Waals surface area (Å²) >= 11 is 1.59. The third-order valence-electron chi connectivity index (χ3n) is 1.12. The minimum atomic E-state index is 0.177. The van der Waals surface area contributed by atoms with Crippen LogP contribution >= 0.6 is 11.3 Å². The van der Waals surface area contributed by atoms with Gasteiger partial charge in [0.15, 0.2) is 5.84 Å². The van der Waals surface area contributed by atoms with Gasteiger partial charge in [0.05, 0.1) is 6.54 Å². The molecule has 1 rings (SSSR count). The molecule has 0 aliphatic heterocycles. The van der Waals surface area contributed by atoms with E-state index >= 15 is 0 Å². The van der Waals surface area contributed by atoms with Crippen LogP contribution in [0.25, 0.3) is 0 Å². The van der Waals surface area contributed by atoms with Crippen LogP contribution < -0.4 is 11.1 Å². The molecule has 0 saturated carbocycles. The molecule has 0 aliphatic carbocycles. The van der Waals surface area contributed by atoms with Gasteiger partial charge in [-0.15, -0.1) is 0 Å². The SMILES string of the molecule is N/C(CNc1ccsc1)=N/O. The van der Waals surface area contributed by atoms with Crippen LogP contribution in [-0.2, 0) is 0 Å². The summed E-state index contributed by atoms with van der Waals surface area (Å²) in [4.78, 5) is 0. The van der Waals surface area contributed by atoms with E-state index in [0.717, 1.165) is 5.69 Å². The van der Waals surface area contributed by atoms with E-state index < -0.39 is 0 Å². The van der Waals surface area contributed by atoms with Gasteiger partial charge in [-0.3, -0.25) is 0 Å². The van der Waals surface area contributed by atoms with Crippen LogP contribution in [0.1, 0.15) is 0 Å². The molecule has 1 heterocycles. The molecule has 11 heavy (non-hydrogen) atoms. The zero-order valence-corrected chi connectivity index (χ0v) is 6.64. The highest BCUT2D eigenvalue weighted by molar-refractivity contribution is 7.08. The van der Waals surface area contributed by atoms with E-state index in [1.807, 2.05) is 16.8 Å². The molecular weight excluding hydrogens is 162 g/mol. The fraction of sp³-hybridized carbons (Fsp3) is 0.167.